The maximum Gasteiger partial charge on any atom is 0.407 e. The predicted octanol–water partition coefficient (Wildman–Crippen LogP) is 5.38. The highest BCUT2D eigenvalue weighted by molar-refractivity contribution is 5.82. The van der Waals surface area contributed by atoms with Crippen molar-refractivity contribution in [2.75, 3.05) is 40.2 Å². The van der Waals surface area contributed by atoms with Gasteiger partial charge < -0.3 is 25.0 Å². The molecule has 2 rings (SSSR count). The Morgan fingerprint density at radius 2 is 1.69 bits per heavy atom. The molecule has 39 heavy (non-hydrogen) atoms. The zero-order chi connectivity index (χ0) is 29.2. The molecule has 0 spiro atoms. The molecule has 0 heterocycles. The van der Waals surface area contributed by atoms with Crippen molar-refractivity contribution in [2.24, 2.45) is 5.92 Å². The molecule has 0 fully saturated rings. The van der Waals surface area contributed by atoms with Gasteiger partial charge in [-0.3, -0.25) is 10.1 Å². The van der Waals surface area contributed by atoms with E-state index in [0.29, 0.717) is 31.0 Å². The highest BCUT2D eigenvalue weighted by atomic mass is 19.4. The lowest BCUT2D eigenvalue weighted by molar-refractivity contribution is -0.161. The zero-order valence-corrected chi connectivity index (χ0v) is 24.0. The minimum atomic E-state index is -4.57. The zero-order valence-electron chi connectivity index (χ0n) is 24.0. The largest absolute Gasteiger partial charge is 0.497 e. The number of hydrogen-bond acceptors (Lipinski definition) is 6. The van der Waals surface area contributed by atoms with E-state index in [0.717, 1.165) is 11.3 Å². The van der Waals surface area contributed by atoms with Crippen molar-refractivity contribution in [3.8, 4) is 11.5 Å². The van der Waals surface area contributed by atoms with Gasteiger partial charge in [-0.2, -0.15) is 13.2 Å². The number of ether oxygens (including phenoxy) is 2. The van der Waals surface area contributed by atoms with Gasteiger partial charge in [0.15, 0.2) is 0 Å². The summed E-state index contributed by atoms with van der Waals surface area (Å²) >= 11 is 0. The molecular weight excluding hydrogens is 509 g/mol. The lowest BCUT2D eigenvalue weighted by Crippen LogP contribution is -2.52. The fourth-order valence-corrected chi connectivity index (χ4v) is 4.26. The van der Waals surface area contributed by atoms with Crippen LogP contribution in [0.25, 0.3) is 0 Å². The first kappa shape index (κ1) is 32.2. The van der Waals surface area contributed by atoms with Gasteiger partial charge in [0, 0.05) is 25.2 Å². The highest BCUT2D eigenvalue weighted by Gasteiger charge is 2.43. The van der Waals surface area contributed by atoms with Crippen LogP contribution in [-0.2, 0) is 11.3 Å². The van der Waals surface area contributed by atoms with Gasteiger partial charge in [0.2, 0.25) is 5.91 Å². The summed E-state index contributed by atoms with van der Waals surface area (Å²) in [5, 5.41) is 8.84. The number of hydrogen-bond donors (Lipinski definition) is 3. The lowest BCUT2D eigenvalue weighted by Gasteiger charge is -2.30. The summed E-state index contributed by atoms with van der Waals surface area (Å²) in [5.74, 6) is 0.773. The summed E-state index contributed by atoms with van der Waals surface area (Å²) in [5.41, 5.74) is 1.71. The number of rotatable bonds is 15. The van der Waals surface area contributed by atoms with E-state index < -0.39 is 24.2 Å². The van der Waals surface area contributed by atoms with E-state index in [9.17, 15) is 18.0 Å². The summed E-state index contributed by atoms with van der Waals surface area (Å²) in [4.78, 5) is 15.3. The van der Waals surface area contributed by atoms with Crippen LogP contribution in [0, 0.1) is 5.92 Å². The van der Waals surface area contributed by atoms with Crippen LogP contribution in [0.15, 0.2) is 42.5 Å². The van der Waals surface area contributed by atoms with Crippen LogP contribution >= 0.6 is 0 Å². The van der Waals surface area contributed by atoms with E-state index >= 15 is 0 Å². The van der Waals surface area contributed by atoms with Crippen LogP contribution < -0.4 is 25.4 Å². The van der Waals surface area contributed by atoms with Crippen LogP contribution in [0.1, 0.15) is 50.8 Å². The molecule has 10 heteroatoms. The molecule has 0 saturated carbocycles. The van der Waals surface area contributed by atoms with Crippen molar-refractivity contribution < 1.29 is 27.4 Å². The maximum atomic E-state index is 14.2. The average Bonchev–Trinajstić information content (AvgIpc) is 2.88. The number of amides is 1. The average molecular weight is 553 g/mol. The number of carbonyl (C=O) groups is 1. The topological polar surface area (TPSA) is 74.9 Å². The quantitative estimate of drug-likeness (QED) is 0.276. The summed E-state index contributed by atoms with van der Waals surface area (Å²) in [6.45, 7) is 6.67. The van der Waals surface area contributed by atoms with Crippen LogP contribution in [-0.4, -0.2) is 63.9 Å². The van der Waals surface area contributed by atoms with Gasteiger partial charge in [0.25, 0.3) is 0 Å². The van der Waals surface area contributed by atoms with Crippen molar-refractivity contribution in [1.29, 1.82) is 0 Å². The third kappa shape index (κ3) is 10.3. The molecule has 7 nitrogen and oxygen atoms in total. The molecule has 2 aromatic carbocycles. The molecule has 3 atom stereocenters. The van der Waals surface area contributed by atoms with E-state index in [2.05, 4.69) is 16.0 Å². The molecule has 0 saturated heterocycles. The first-order valence-electron chi connectivity index (χ1n) is 13.2. The van der Waals surface area contributed by atoms with E-state index in [1.165, 1.54) is 12.1 Å². The molecule has 3 N–H and O–H groups in total. The molecule has 2 aromatic rings. The molecule has 218 valence electrons. The van der Waals surface area contributed by atoms with E-state index in [4.69, 9.17) is 9.47 Å². The number of anilines is 1. The molecule has 1 amide bonds. The van der Waals surface area contributed by atoms with Gasteiger partial charge in [-0.1, -0.05) is 45.0 Å². The number of nitrogens with one attached hydrogen (secondary N) is 3. The van der Waals surface area contributed by atoms with Gasteiger partial charge in [-0.05, 0) is 56.1 Å². The van der Waals surface area contributed by atoms with E-state index in [-0.39, 0.29) is 23.9 Å². The van der Waals surface area contributed by atoms with Crippen molar-refractivity contribution in [3.05, 3.63) is 53.6 Å². The monoisotopic (exact) mass is 552 g/mol. The Labute approximate surface area is 230 Å². The van der Waals surface area contributed by atoms with E-state index in [1.54, 1.807) is 38.5 Å². The number of alkyl halides is 3. The molecule has 0 aliphatic carbocycles. The fraction of sp³-hybridized carbons (Fsp3) is 0.552. The number of nitrogens with zero attached hydrogens (tertiary/aromatic N) is 1. The van der Waals surface area contributed by atoms with E-state index in [1.807, 2.05) is 45.8 Å². The van der Waals surface area contributed by atoms with Gasteiger partial charge >= 0.3 is 6.18 Å². The second-order valence-electron chi connectivity index (χ2n) is 10.4. The first-order valence-corrected chi connectivity index (χ1v) is 13.2. The number of methoxy groups -OCH3 is 2. The van der Waals surface area contributed by atoms with Gasteiger partial charge in [0.1, 0.15) is 17.5 Å². The molecule has 0 radical (unpaired) electrons. The SMILES string of the molecule is CCC(CNc1ccc(OC)cc1OC)NC(=O)[C@H](CC(C)C)N[C@@H](c1ccc(CN(C)C)cc1)C(F)(F)F. The van der Waals surface area contributed by atoms with Crippen molar-refractivity contribution in [1.82, 2.24) is 15.5 Å². The van der Waals surface area contributed by atoms with Crippen LogP contribution in [0.2, 0.25) is 0 Å². The van der Waals surface area contributed by atoms with Gasteiger partial charge in [-0.15, -0.1) is 0 Å². The molecule has 0 aliphatic rings. The Morgan fingerprint density at radius 3 is 2.21 bits per heavy atom. The summed E-state index contributed by atoms with van der Waals surface area (Å²) in [7, 11) is 6.91. The Hall–Kier alpha value is -2.98. The second kappa shape index (κ2) is 15.0. The Kier molecular flexibility index (Phi) is 12.4. The minimum Gasteiger partial charge on any atom is -0.497 e. The fourth-order valence-electron chi connectivity index (χ4n) is 4.26. The van der Waals surface area contributed by atoms with Crippen molar-refractivity contribution >= 4 is 11.6 Å². The Morgan fingerprint density at radius 1 is 1.03 bits per heavy atom. The van der Waals surface area contributed by atoms with Gasteiger partial charge in [-0.25, -0.2) is 0 Å². The third-order valence-corrected chi connectivity index (χ3v) is 6.32. The molecule has 0 bridgehead atoms. The molecule has 0 aliphatic heterocycles. The first-order chi connectivity index (χ1) is 18.4. The molecular formula is C29H43F3N4O3. The number of halogens is 3. The smallest absolute Gasteiger partial charge is 0.407 e. The maximum absolute atomic E-state index is 14.2. The predicted molar refractivity (Wildman–Crippen MR) is 149 cm³/mol. The Balaban J connectivity index is 2.17. The van der Waals surface area contributed by atoms with Crippen molar-refractivity contribution in [2.45, 2.75) is 64.5 Å². The number of benzene rings is 2. The second-order valence-corrected chi connectivity index (χ2v) is 10.4. The summed E-state index contributed by atoms with van der Waals surface area (Å²) < 4.78 is 53.3. The number of carbonyl (C=O) groups excluding carboxylic acids is 1. The van der Waals surface area contributed by atoms with Gasteiger partial charge in [0.05, 0.1) is 25.9 Å². The van der Waals surface area contributed by atoms with Crippen molar-refractivity contribution in [3.63, 3.8) is 0 Å². The van der Waals surface area contributed by atoms with Crippen LogP contribution in [0.3, 0.4) is 0 Å². The molecule has 1 unspecified atom stereocenters. The lowest BCUT2D eigenvalue weighted by atomic mass is 9.98. The van der Waals surface area contributed by atoms with Crippen LogP contribution in [0.5, 0.6) is 11.5 Å². The summed E-state index contributed by atoms with van der Waals surface area (Å²) in [6.07, 6.45) is -3.73. The molecule has 0 aromatic heterocycles. The third-order valence-electron chi connectivity index (χ3n) is 6.32. The summed E-state index contributed by atoms with van der Waals surface area (Å²) in [6, 6.07) is 8.39. The highest BCUT2D eigenvalue weighted by Crippen LogP contribution is 2.34. The minimum absolute atomic E-state index is 0.00589. The normalized spacial score (nSPS) is 14.2. The Bertz CT molecular complexity index is 1030. The standard InChI is InChI=1S/C29H43F3N4O3/c1-8-22(17-33-24-14-13-23(38-6)16-26(24)39-7)34-28(37)25(15-19(2)3)35-27(29(30,31)32)21-11-9-20(10-12-21)18-36(4)5/h9-14,16,19,22,25,27,33,35H,8,15,17-18H2,1-7H3,(H,34,37)/t22?,25-,27-/m0/s1. The van der Waals surface area contributed by atoms with Crippen LogP contribution in [0.4, 0.5) is 18.9 Å².